The molecule has 1 aromatic heterocycles. The Morgan fingerprint density at radius 1 is 1.53 bits per heavy atom. The predicted molar refractivity (Wildman–Crippen MR) is 73.0 cm³/mol. The Morgan fingerprint density at radius 3 is 2.84 bits per heavy atom. The largest absolute Gasteiger partial charge is 0.453 e. The quantitative estimate of drug-likeness (QED) is 0.891. The van der Waals surface area contributed by atoms with Crippen LogP contribution in [0.2, 0.25) is 0 Å². The summed E-state index contributed by atoms with van der Waals surface area (Å²) in [5, 5.41) is 2.93. The molecule has 2 heterocycles. The van der Waals surface area contributed by atoms with Gasteiger partial charge >= 0.3 is 6.09 Å². The summed E-state index contributed by atoms with van der Waals surface area (Å²) in [5.74, 6) is -0.134. The highest BCUT2D eigenvalue weighted by atomic mass is 79.9. The Labute approximate surface area is 119 Å². The smallest absolute Gasteiger partial charge is 0.409 e. The Balaban J connectivity index is 1.94. The van der Waals surface area contributed by atoms with Crippen molar-refractivity contribution in [1.29, 1.82) is 0 Å². The van der Waals surface area contributed by atoms with E-state index in [4.69, 9.17) is 0 Å². The first kappa shape index (κ1) is 13.9. The minimum atomic E-state index is -0.349. The Morgan fingerprint density at radius 2 is 2.26 bits per heavy atom. The average molecular weight is 330 g/mol. The summed E-state index contributed by atoms with van der Waals surface area (Å²) >= 11 is 3.33. The highest BCUT2D eigenvalue weighted by Crippen LogP contribution is 2.15. The maximum atomic E-state index is 12.1. The number of hydrogen-bond donors (Lipinski definition) is 1. The number of likely N-dealkylation sites (tertiary alicyclic amines) is 1. The van der Waals surface area contributed by atoms with Gasteiger partial charge in [0, 0.05) is 36.8 Å². The molecule has 1 aliphatic heterocycles. The maximum absolute atomic E-state index is 12.1. The van der Waals surface area contributed by atoms with E-state index in [1.165, 1.54) is 7.11 Å². The van der Waals surface area contributed by atoms with Crippen molar-refractivity contribution in [3.05, 3.63) is 22.4 Å². The van der Waals surface area contributed by atoms with Crippen molar-refractivity contribution in [2.45, 2.75) is 12.5 Å². The second kappa shape index (κ2) is 5.64. The average Bonchev–Trinajstić information content (AvgIpc) is 2.95. The molecule has 2 amide bonds. The lowest BCUT2D eigenvalue weighted by Crippen LogP contribution is -2.39. The Bertz CT molecular complexity index is 500. The summed E-state index contributed by atoms with van der Waals surface area (Å²) in [6, 6.07) is 1.74. The van der Waals surface area contributed by atoms with Gasteiger partial charge in [0.1, 0.15) is 5.69 Å². The number of amides is 2. The number of nitrogens with zero attached hydrogens (tertiary/aromatic N) is 2. The van der Waals surface area contributed by atoms with Gasteiger partial charge in [-0.15, -0.1) is 0 Å². The fraction of sp³-hybridized carbons (Fsp3) is 0.500. The first-order valence-corrected chi connectivity index (χ1v) is 6.76. The van der Waals surface area contributed by atoms with E-state index in [1.807, 2.05) is 13.2 Å². The van der Waals surface area contributed by atoms with E-state index in [-0.39, 0.29) is 18.0 Å². The Hall–Kier alpha value is -1.50. The monoisotopic (exact) mass is 329 g/mol. The van der Waals surface area contributed by atoms with Crippen LogP contribution in [0.5, 0.6) is 0 Å². The van der Waals surface area contributed by atoms with Gasteiger partial charge < -0.3 is 19.5 Å². The van der Waals surface area contributed by atoms with Gasteiger partial charge in [0.25, 0.3) is 5.91 Å². The number of ether oxygens (including phenoxy) is 1. The molecule has 1 N–H and O–H groups in total. The number of rotatable bonds is 2. The number of halogens is 1. The molecule has 1 aliphatic rings. The molecule has 0 aliphatic carbocycles. The van der Waals surface area contributed by atoms with Crippen molar-refractivity contribution >= 4 is 27.9 Å². The van der Waals surface area contributed by atoms with E-state index in [1.54, 1.807) is 15.5 Å². The van der Waals surface area contributed by atoms with Crippen LogP contribution in [0.3, 0.4) is 0 Å². The molecule has 19 heavy (non-hydrogen) atoms. The second-order valence-electron chi connectivity index (χ2n) is 4.53. The minimum Gasteiger partial charge on any atom is -0.453 e. The second-order valence-corrected chi connectivity index (χ2v) is 5.45. The van der Waals surface area contributed by atoms with Gasteiger partial charge in [-0.1, -0.05) is 0 Å². The van der Waals surface area contributed by atoms with Crippen LogP contribution in [0.1, 0.15) is 16.9 Å². The van der Waals surface area contributed by atoms with Gasteiger partial charge in [0.15, 0.2) is 0 Å². The van der Waals surface area contributed by atoms with Crippen LogP contribution in [-0.2, 0) is 11.8 Å². The third-order valence-corrected chi connectivity index (χ3v) is 3.59. The molecule has 0 saturated carbocycles. The third-order valence-electron chi connectivity index (χ3n) is 3.16. The summed E-state index contributed by atoms with van der Waals surface area (Å²) in [7, 11) is 3.17. The van der Waals surface area contributed by atoms with Crippen LogP contribution in [-0.4, -0.2) is 47.7 Å². The van der Waals surface area contributed by atoms with Gasteiger partial charge in [0.05, 0.1) is 7.11 Å². The molecule has 2 rings (SSSR count). The standard InChI is InChI=1S/C12H16BrN3O3/c1-15-6-8(13)5-10(15)11(17)14-9-3-4-16(7-9)12(18)19-2/h5-6,9H,3-4,7H2,1-2H3,(H,14,17)/t9-/m1/s1. The first-order valence-electron chi connectivity index (χ1n) is 5.97. The zero-order chi connectivity index (χ0) is 14.0. The minimum absolute atomic E-state index is 0.0275. The van der Waals surface area contributed by atoms with E-state index in [9.17, 15) is 9.59 Å². The van der Waals surface area contributed by atoms with Crippen LogP contribution in [0, 0.1) is 0 Å². The molecule has 0 aromatic carbocycles. The van der Waals surface area contributed by atoms with Crippen LogP contribution < -0.4 is 5.32 Å². The molecule has 1 fully saturated rings. The normalized spacial score (nSPS) is 18.5. The van der Waals surface area contributed by atoms with Crippen molar-refractivity contribution in [3.8, 4) is 0 Å². The number of methoxy groups -OCH3 is 1. The van der Waals surface area contributed by atoms with E-state index in [0.29, 0.717) is 18.8 Å². The summed E-state index contributed by atoms with van der Waals surface area (Å²) in [6.07, 6.45) is 2.22. The van der Waals surface area contributed by atoms with Crippen molar-refractivity contribution in [1.82, 2.24) is 14.8 Å². The lowest BCUT2D eigenvalue weighted by atomic mass is 10.2. The van der Waals surface area contributed by atoms with Crippen molar-refractivity contribution in [2.75, 3.05) is 20.2 Å². The molecule has 0 spiro atoms. The summed E-state index contributed by atoms with van der Waals surface area (Å²) < 4.78 is 7.28. The molecule has 0 radical (unpaired) electrons. The van der Waals surface area contributed by atoms with Crippen molar-refractivity contribution in [3.63, 3.8) is 0 Å². The van der Waals surface area contributed by atoms with Crippen LogP contribution in [0.15, 0.2) is 16.7 Å². The maximum Gasteiger partial charge on any atom is 0.409 e. The summed E-state index contributed by atoms with van der Waals surface area (Å²) in [6.45, 7) is 1.10. The number of carbonyl (C=O) groups excluding carboxylic acids is 2. The molecule has 7 heteroatoms. The van der Waals surface area contributed by atoms with Gasteiger partial charge in [-0.3, -0.25) is 4.79 Å². The zero-order valence-corrected chi connectivity index (χ0v) is 12.4. The highest BCUT2D eigenvalue weighted by molar-refractivity contribution is 9.10. The fourth-order valence-electron chi connectivity index (χ4n) is 2.18. The van der Waals surface area contributed by atoms with Crippen molar-refractivity contribution < 1.29 is 14.3 Å². The molecular formula is C12H16BrN3O3. The zero-order valence-electron chi connectivity index (χ0n) is 10.9. The molecule has 1 saturated heterocycles. The first-order chi connectivity index (χ1) is 9.01. The predicted octanol–water partition coefficient (Wildman–Crippen LogP) is 1.36. The molecular weight excluding hydrogens is 314 g/mol. The Kier molecular flexibility index (Phi) is 4.14. The molecule has 6 nitrogen and oxygen atoms in total. The van der Waals surface area contributed by atoms with Gasteiger partial charge in [-0.2, -0.15) is 0 Å². The lowest BCUT2D eigenvalue weighted by molar-refractivity contribution is 0.0926. The molecule has 1 aromatic rings. The van der Waals surface area contributed by atoms with E-state index in [2.05, 4.69) is 26.0 Å². The number of aryl methyl sites for hydroxylation is 1. The SMILES string of the molecule is COC(=O)N1CC[C@@H](NC(=O)c2cc(Br)cn2C)C1. The van der Waals surface area contributed by atoms with E-state index >= 15 is 0 Å². The van der Waals surface area contributed by atoms with Crippen LogP contribution >= 0.6 is 15.9 Å². The van der Waals surface area contributed by atoms with E-state index < -0.39 is 0 Å². The number of nitrogens with one attached hydrogen (secondary N) is 1. The summed E-state index contributed by atoms with van der Waals surface area (Å²) in [5.41, 5.74) is 0.586. The lowest BCUT2D eigenvalue weighted by Gasteiger charge is -2.15. The third kappa shape index (κ3) is 3.09. The fourth-order valence-corrected chi connectivity index (χ4v) is 2.71. The van der Waals surface area contributed by atoms with Crippen LogP contribution in [0.25, 0.3) is 0 Å². The summed E-state index contributed by atoms with van der Waals surface area (Å²) in [4.78, 5) is 25.0. The van der Waals surface area contributed by atoms with Gasteiger partial charge in [-0.25, -0.2) is 4.79 Å². The molecule has 0 bridgehead atoms. The van der Waals surface area contributed by atoms with E-state index in [0.717, 1.165) is 10.9 Å². The number of hydrogen-bond acceptors (Lipinski definition) is 3. The van der Waals surface area contributed by atoms with Gasteiger partial charge in [-0.05, 0) is 28.4 Å². The number of carbonyl (C=O) groups is 2. The molecule has 0 unspecified atom stereocenters. The highest BCUT2D eigenvalue weighted by Gasteiger charge is 2.28. The molecule has 1 atom stereocenters. The van der Waals surface area contributed by atoms with Gasteiger partial charge in [0.2, 0.25) is 0 Å². The topological polar surface area (TPSA) is 63.6 Å². The van der Waals surface area contributed by atoms with Crippen molar-refractivity contribution in [2.24, 2.45) is 7.05 Å². The van der Waals surface area contributed by atoms with Crippen LogP contribution in [0.4, 0.5) is 4.79 Å². The number of aromatic nitrogens is 1. The molecule has 104 valence electrons.